The van der Waals surface area contributed by atoms with E-state index < -0.39 is 0 Å². The SMILES string of the molecule is COC(=O)/C=C/c1ccc(CNCC23C[C@H]4C[C@H](C2)C[C@@H](C3)C4)cc1. The van der Waals surface area contributed by atoms with Gasteiger partial charge in [-0.1, -0.05) is 24.3 Å². The van der Waals surface area contributed by atoms with Crippen LogP contribution in [0, 0.1) is 23.2 Å². The first kappa shape index (κ1) is 16.8. The Morgan fingerprint density at radius 1 is 1.12 bits per heavy atom. The Kier molecular flexibility index (Phi) is 4.68. The van der Waals surface area contributed by atoms with E-state index in [-0.39, 0.29) is 5.97 Å². The van der Waals surface area contributed by atoms with Crippen molar-refractivity contribution in [3.05, 3.63) is 41.5 Å². The van der Waals surface area contributed by atoms with Crippen LogP contribution in [0.1, 0.15) is 49.7 Å². The van der Waals surface area contributed by atoms with Crippen LogP contribution in [-0.2, 0) is 16.1 Å². The van der Waals surface area contributed by atoms with Crippen molar-refractivity contribution in [3.63, 3.8) is 0 Å². The molecule has 4 fully saturated rings. The molecule has 4 aliphatic rings. The molecule has 4 aliphatic carbocycles. The van der Waals surface area contributed by atoms with Gasteiger partial charge in [-0.3, -0.25) is 0 Å². The van der Waals surface area contributed by atoms with E-state index in [0.29, 0.717) is 5.41 Å². The van der Waals surface area contributed by atoms with Crippen molar-refractivity contribution in [1.82, 2.24) is 5.32 Å². The fourth-order valence-corrected chi connectivity index (χ4v) is 5.96. The minimum absolute atomic E-state index is 0.318. The molecule has 4 bridgehead atoms. The van der Waals surface area contributed by atoms with Crippen LogP contribution in [0.15, 0.2) is 30.3 Å². The lowest BCUT2D eigenvalue weighted by Crippen LogP contribution is -2.50. The van der Waals surface area contributed by atoms with Crippen molar-refractivity contribution in [1.29, 1.82) is 0 Å². The average molecular weight is 339 g/mol. The number of esters is 1. The van der Waals surface area contributed by atoms with Crippen molar-refractivity contribution >= 4 is 12.0 Å². The van der Waals surface area contributed by atoms with Crippen LogP contribution in [0.4, 0.5) is 0 Å². The second-order valence-corrected chi connectivity index (χ2v) is 8.62. The zero-order chi connectivity index (χ0) is 17.3. The highest BCUT2D eigenvalue weighted by atomic mass is 16.5. The lowest BCUT2D eigenvalue weighted by atomic mass is 9.49. The third-order valence-electron chi connectivity index (χ3n) is 6.59. The minimum atomic E-state index is -0.318. The molecule has 25 heavy (non-hydrogen) atoms. The van der Waals surface area contributed by atoms with E-state index >= 15 is 0 Å². The summed E-state index contributed by atoms with van der Waals surface area (Å²) in [6.07, 6.45) is 12.2. The molecule has 1 N–H and O–H groups in total. The topological polar surface area (TPSA) is 38.3 Å². The molecule has 0 saturated heterocycles. The molecule has 0 radical (unpaired) electrons. The van der Waals surface area contributed by atoms with Gasteiger partial charge in [0.25, 0.3) is 0 Å². The van der Waals surface area contributed by atoms with Gasteiger partial charge in [-0.2, -0.15) is 0 Å². The number of hydrogen-bond donors (Lipinski definition) is 1. The van der Waals surface area contributed by atoms with Gasteiger partial charge >= 0.3 is 5.97 Å². The summed E-state index contributed by atoms with van der Waals surface area (Å²) in [4.78, 5) is 11.1. The number of nitrogens with one attached hydrogen (secondary N) is 1. The summed E-state index contributed by atoms with van der Waals surface area (Å²) in [6, 6.07) is 8.40. The molecule has 0 amide bonds. The number of ether oxygens (including phenoxy) is 1. The summed E-state index contributed by atoms with van der Waals surface area (Å²) in [5, 5.41) is 3.75. The molecule has 0 atom stereocenters. The molecule has 3 heteroatoms. The van der Waals surface area contributed by atoms with E-state index in [0.717, 1.165) is 29.9 Å². The van der Waals surface area contributed by atoms with Gasteiger partial charge in [0.2, 0.25) is 0 Å². The van der Waals surface area contributed by atoms with Crippen LogP contribution in [0.2, 0.25) is 0 Å². The second-order valence-electron chi connectivity index (χ2n) is 8.62. The Morgan fingerprint density at radius 2 is 1.72 bits per heavy atom. The summed E-state index contributed by atoms with van der Waals surface area (Å²) >= 11 is 0. The Balaban J connectivity index is 1.29. The largest absolute Gasteiger partial charge is 0.466 e. The molecule has 3 nitrogen and oxygen atoms in total. The number of hydrogen-bond acceptors (Lipinski definition) is 3. The van der Waals surface area contributed by atoms with E-state index in [2.05, 4.69) is 34.3 Å². The van der Waals surface area contributed by atoms with E-state index in [1.54, 1.807) is 6.08 Å². The van der Waals surface area contributed by atoms with Crippen molar-refractivity contribution < 1.29 is 9.53 Å². The fourth-order valence-electron chi connectivity index (χ4n) is 5.96. The molecule has 1 aromatic carbocycles. The lowest BCUT2D eigenvalue weighted by Gasteiger charge is -2.57. The van der Waals surface area contributed by atoms with Gasteiger partial charge in [-0.25, -0.2) is 4.79 Å². The summed E-state index contributed by atoms with van der Waals surface area (Å²) in [6.45, 7) is 2.11. The maximum atomic E-state index is 11.1. The van der Waals surface area contributed by atoms with Crippen LogP contribution >= 0.6 is 0 Å². The number of rotatable bonds is 6. The highest BCUT2D eigenvalue weighted by Gasteiger charge is 2.50. The highest BCUT2D eigenvalue weighted by Crippen LogP contribution is 2.59. The van der Waals surface area contributed by atoms with Crippen molar-refractivity contribution in [2.45, 2.75) is 45.1 Å². The van der Waals surface area contributed by atoms with Gasteiger partial charge in [0, 0.05) is 19.2 Å². The predicted molar refractivity (Wildman–Crippen MR) is 99.8 cm³/mol. The first-order chi connectivity index (χ1) is 12.1. The summed E-state index contributed by atoms with van der Waals surface area (Å²) in [5.41, 5.74) is 2.92. The van der Waals surface area contributed by atoms with E-state index in [1.807, 2.05) is 0 Å². The first-order valence-corrected chi connectivity index (χ1v) is 9.70. The quantitative estimate of drug-likeness (QED) is 0.624. The predicted octanol–water partition coefficient (Wildman–Crippen LogP) is 4.18. The van der Waals surface area contributed by atoms with E-state index in [1.165, 1.54) is 63.8 Å². The van der Waals surface area contributed by atoms with Gasteiger partial charge in [0.15, 0.2) is 0 Å². The maximum Gasteiger partial charge on any atom is 0.330 e. The summed E-state index contributed by atoms with van der Waals surface area (Å²) < 4.78 is 4.61. The molecule has 134 valence electrons. The number of methoxy groups -OCH3 is 1. The molecule has 1 aromatic rings. The molecule has 5 rings (SSSR count). The first-order valence-electron chi connectivity index (χ1n) is 9.70. The molecular weight excluding hydrogens is 310 g/mol. The molecule has 0 spiro atoms. The molecule has 0 aromatic heterocycles. The van der Waals surface area contributed by atoms with Crippen LogP contribution in [0.3, 0.4) is 0 Å². The monoisotopic (exact) mass is 339 g/mol. The van der Waals surface area contributed by atoms with E-state index in [4.69, 9.17) is 0 Å². The maximum absolute atomic E-state index is 11.1. The van der Waals surface area contributed by atoms with Gasteiger partial charge in [0.1, 0.15) is 0 Å². The highest BCUT2D eigenvalue weighted by molar-refractivity contribution is 5.86. The van der Waals surface area contributed by atoms with Crippen molar-refractivity contribution in [2.24, 2.45) is 23.2 Å². The van der Waals surface area contributed by atoms with Crippen molar-refractivity contribution in [3.8, 4) is 0 Å². The van der Waals surface area contributed by atoms with Crippen molar-refractivity contribution in [2.75, 3.05) is 13.7 Å². The Bertz CT molecular complexity index is 611. The number of carbonyl (C=O) groups excluding carboxylic acids is 1. The van der Waals surface area contributed by atoms with Gasteiger partial charge < -0.3 is 10.1 Å². The van der Waals surface area contributed by atoms with Crippen LogP contribution in [0.5, 0.6) is 0 Å². The van der Waals surface area contributed by atoms with Crippen LogP contribution < -0.4 is 5.32 Å². The third-order valence-corrected chi connectivity index (χ3v) is 6.59. The smallest absolute Gasteiger partial charge is 0.330 e. The standard InChI is InChI=1S/C22H29NO2/c1-25-21(24)7-6-16-2-4-17(5-3-16)14-23-15-22-11-18-8-19(12-22)10-20(9-18)13-22/h2-7,18-20,23H,8-15H2,1H3/b7-6+/t18-,19-,20-,22?. The number of benzene rings is 1. The zero-order valence-corrected chi connectivity index (χ0v) is 15.2. The summed E-state index contributed by atoms with van der Waals surface area (Å²) in [7, 11) is 1.39. The lowest BCUT2D eigenvalue weighted by molar-refractivity contribution is -0.134. The second kappa shape index (κ2) is 6.95. The van der Waals surface area contributed by atoms with Gasteiger partial charge in [-0.15, -0.1) is 0 Å². The molecular formula is C22H29NO2. The fraction of sp³-hybridized carbons (Fsp3) is 0.591. The zero-order valence-electron chi connectivity index (χ0n) is 15.2. The Morgan fingerprint density at radius 3 is 2.28 bits per heavy atom. The molecule has 0 aliphatic heterocycles. The number of carbonyl (C=O) groups is 1. The van der Waals surface area contributed by atoms with Crippen LogP contribution in [-0.4, -0.2) is 19.6 Å². The average Bonchev–Trinajstić information content (AvgIpc) is 2.59. The van der Waals surface area contributed by atoms with Gasteiger partial charge in [-0.05, 0) is 78.9 Å². The molecule has 4 saturated carbocycles. The van der Waals surface area contributed by atoms with Crippen LogP contribution in [0.25, 0.3) is 6.08 Å². The van der Waals surface area contributed by atoms with E-state index in [9.17, 15) is 4.79 Å². The normalized spacial score (nSPS) is 33.1. The van der Waals surface area contributed by atoms with Gasteiger partial charge in [0.05, 0.1) is 7.11 Å². The minimum Gasteiger partial charge on any atom is -0.466 e. The summed E-state index contributed by atoms with van der Waals surface area (Å²) in [5.74, 6) is 2.75. The Hall–Kier alpha value is -1.61. The Labute approximate surface area is 150 Å². The molecule has 0 unspecified atom stereocenters. The third kappa shape index (κ3) is 3.82. The molecule has 0 heterocycles.